The second-order valence-corrected chi connectivity index (χ2v) is 6.34. The van der Waals surface area contributed by atoms with Gasteiger partial charge < -0.3 is 14.2 Å². The Morgan fingerprint density at radius 3 is 2.86 bits per heavy atom. The van der Waals surface area contributed by atoms with Crippen LogP contribution in [0.15, 0.2) is 39.6 Å². The van der Waals surface area contributed by atoms with E-state index in [1.165, 1.54) is 0 Å². The van der Waals surface area contributed by atoms with Crippen molar-refractivity contribution in [1.29, 1.82) is 0 Å². The molecule has 0 spiro atoms. The van der Waals surface area contributed by atoms with Crippen LogP contribution >= 0.6 is 11.3 Å². The maximum Gasteiger partial charge on any atom is 0.255 e. The highest BCUT2D eigenvalue weighted by Gasteiger charge is 2.28. The van der Waals surface area contributed by atoms with Crippen molar-refractivity contribution >= 4 is 17.2 Å². The summed E-state index contributed by atoms with van der Waals surface area (Å²) in [6.45, 7) is 2.63. The Balaban J connectivity index is 1.78. The van der Waals surface area contributed by atoms with Gasteiger partial charge >= 0.3 is 0 Å². The van der Waals surface area contributed by atoms with E-state index in [-0.39, 0.29) is 5.91 Å². The van der Waals surface area contributed by atoms with Crippen LogP contribution in [0.2, 0.25) is 0 Å². The molecular formula is C16H20N2O2S. The maximum atomic E-state index is 12.8. The lowest BCUT2D eigenvalue weighted by Crippen LogP contribution is -2.46. The number of piperidine rings is 1. The van der Waals surface area contributed by atoms with Gasteiger partial charge in [0.05, 0.1) is 18.4 Å². The monoisotopic (exact) mass is 304 g/mol. The van der Waals surface area contributed by atoms with Gasteiger partial charge in [-0.25, -0.2) is 0 Å². The quantitative estimate of drug-likeness (QED) is 0.871. The average molecular weight is 304 g/mol. The third-order valence-electron chi connectivity index (χ3n) is 4.06. The fourth-order valence-electron chi connectivity index (χ4n) is 2.80. The predicted octanol–water partition coefficient (Wildman–Crippen LogP) is 3.08. The molecule has 5 heteroatoms. The van der Waals surface area contributed by atoms with Crippen LogP contribution in [-0.2, 0) is 6.54 Å². The number of carbonyl (C=O) groups is 1. The van der Waals surface area contributed by atoms with Gasteiger partial charge in [-0.05, 0) is 56.6 Å². The first-order valence-electron chi connectivity index (χ1n) is 7.28. The van der Waals surface area contributed by atoms with Crippen LogP contribution in [0.5, 0.6) is 0 Å². The zero-order valence-electron chi connectivity index (χ0n) is 12.2. The Kier molecular flexibility index (Phi) is 4.41. The van der Waals surface area contributed by atoms with Gasteiger partial charge in [-0.15, -0.1) is 0 Å². The number of hydrogen-bond donors (Lipinski definition) is 0. The summed E-state index contributed by atoms with van der Waals surface area (Å²) in [4.78, 5) is 17.1. The Labute approximate surface area is 129 Å². The van der Waals surface area contributed by atoms with Crippen LogP contribution in [-0.4, -0.2) is 41.9 Å². The smallest absolute Gasteiger partial charge is 0.255 e. The third kappa shape index (κ3) is 3.36. The Morgan fingerprint density at radius 2 is 2.24 bits per heavy atom. The fourth-order valence-corrected chi connectivity index (χ4v) is 3.43. The molecule has 0 aliphatic carbocycles. The molecule has 1 aliphatic rings. The van der Waals surface area contributed by atoms with E-state index in [9.17, 15) is 4.79 Å². The number of amides is 1. The molecule has 1 fully saturated rings. The maximum absolute atomic E-state index is 12.8. The van der Waals surface area contributed by atoms with E-state index in [1.54, 1.807) is 17.6 Å². The zero-order chi connectivity index (χ0) is 14.7. The predicted molar refractivity (Wildman–Crippen MR) is 83.4 cm³/mol. The fraction of sp³-hybridized carbons (Fsp3) is 0.438. The summed E-state index contributed by atoms with van der Waals surface area (Å²) >= 11 is 1.56. The molecule has 2 aromatic heterocycles. The van der Waals surface area contributed by atoms with Gasteiger partial charge in [0.1, 0.15) is 5.76 Å². The van der Waals surface area contributed by atoms with Crippen molar-refractivity contribution in [2.75, 3.05) is 20.1 Å². The minimum Gasteiger partial charge on any atom is -0.467 e. The molecule has 112 valence electrons. The molecule has 0 saturated carbocycles. The normalized spacial score (nSPS) is 17.0. The molecule has 0 aromatic carbocycles. The molecule has 0 N–H and O–H groups in total. The van der Waals surface area contributed by atoms with Gasteiger partial charge in [0.2, 0.25) is 0 Å². The number of nitrogens with zero attached hydrogens (tertiary/aromatic N) is 2. The number of thiophene rings is 1. The lowest BCUT2D eigenvalue weighted by atomic mass is 10.0. The van der Waals surface area contributed by atoms with Gasteiger partial charge in [0.15, 0.2) is 0 Å². The number of rotatable bonds is 4. The van der Waals surface area contributed by atoms with Crippen LogP contribution in [0.3, 0.4) is 0 Å². The molecule has 0 atom stereocenters. The molecule has 0 radical (unpaired) electrons. The molecule has 0 bridgehead atoms. The van der Waals surface area contributed by atoms with Crippen LogP contribution < -0.4 is 0 Å². The summed E-state index contributed by atoms with van der Waals surface area (Å²) < 4.78 is 5.44. The second kappa shape index (κ2) is 6.45. The van der Waals surface area contributed by atoms with Crippen LogP contribution in [0.4, 0.5) is 0 Å². The number of hydrogen-bond acceptors (Lipinski definition) is 4. The lowest BCUT2D eigenvalue weighted by molar-refractivity contribution is 0.0551. The zero-order valence-corrected chi connectivity index (χ0v) is 13.0. The molecule has 3 heterocycles. The Morgan fingerprint density at radius 1 is 1.43 bits per heavy atom. The van der Waals surface area contributed by atoms with E-state index in [0.717, 1.165) is 37.3 Å². The van der Waals surface area contributed by atoms with Crippen molar-refractivity contribution in [3.63, 3.8) is 0 Å². The Bertz CT molecular complexity index is 557. The molecule has 3 rings (SSSR count). The SMILES string of the molecule is CN1CCC(N(Cc2ccco2)C(=O)c2ccsc2)CC1. The van der Waals surface area contributed by atoms with Crippen LogP contribution in [0.25, 0.3) is 0 Å². The minimum absolute atomic E-state index is 0.113. The number of furan rings is 1. The molecule has 21 heavy (non-hydrogen) atoms. The van der Waals surface area contributed by atoms with Crippen LogP contribution in [0, 0.1) is 0 Å². The number of carbonyl (C=O) groups excluding carboxylic acids is 1. The minimum atomic E-state index is 0.113. The summed E-state index contributed by atoms with van der Waals surface area (Å²) in [7, 11) is 2.13. The largest absolute Gasteiger partial charge is 0.467 e. The Hall–Kier alpha value is -1.59. The molecule has 1 amide bonds. The first-order chi connectivity index (χ1) is 10.2. The number of likely N-dealkylation sites (tertiary alicyclic amines) is 1. The standard InChI is InChI=1S/C16H20N2O2S/c1-17-7-4-14(5-8-17)18(11-15-3-2-9-20-15)16(19)13-6-10-21-12-13/h2-3,6,9-10,12,14H,4-5,7-8,11H2,1H3. The summed E-state index contributed by atoms with van der Waals surface area (Å²) in [5.41, 5.74) is 0.783. The second-order valence-electron chi connectivity index (χ2n) is 5.56. The lowest BCUT2D eigenvalue weighted by Gasteiger charge is -2.36. The van der Waals surface area contributed by atoms with E-state index in [0.29, 0.717) is 12.6 Å². The molecular weight excluding hydrogens is 284 g/mol. The summed E-state index contributed by atoms with van der Waals surface area (Å²) in [5.74, 6) is 0.958. The first kappa shape index (κ1) is 14.4. The summed E-state index contributed by atoms with van der Waals surface area (Å²) in [5, 5.41) is 3.87. The van der Waals surface area contributed by atoms with E-state index >= 15 is 0 Å². The van der Waals surface area contributed by atoms with Crippen molar-refractivity contribution in [3.8, 4) is 0 Å². The topological polar surface area (TPSA) is 36.7 Å². The molecule has 1 aliphatic heterocycles. The van der Waals surface area contributed by atoms with E-state index in [4.69, 9.17) is 4.42 Å². The molecule has 1 saturated heterocycles. The molecule has 0 unspecified atom stereocenters. The molecule has 4 nitrogen and oxygen atoms in total. The van der Waals surface area contributed by atoms with Gasteiger partial charge in [-0.3, -0.25) is 4.79 Å². The van der Waals surface area contributed by atoms with Gasteiger partial charge in [-0.1, -0.05) is 0 Å². The van der Waals surface area contributed by atoms with E-state index in [2.05, 4.69) is 11.9 Å². The van der Waals surface area contributed by atoms with Gasteiger partial charge in [0.25, 0.3) is 5.91 Å². The van der Waals surface area contributed by atoms with Crippen molar-refractivity contribution < 1.29 is 9.21 Å². The van der Waals surface area contributed by atoms with Crippen molar-refractivity contribution in [2.45, 2.75) is 25.4 Å². The molecule has 2 aromatic rings. The van der Waals surface area contributed by atoms with Gasteiger partial charge in [0, 0.05) is 11.4 Å². The highest BCUT2D eigenvalue weighted by atomic mass is 32.1. The highest BCUT2D eigenvalue weighted by molar-refractivity contribution is 7.08. The van der Waals surface area contributed by atoms with E-state index in [1.807, 2.05) is 33.9 Å². The van der Waals surface area contributed by atoms with Crippen molar-refractivity contribution in [3.05, 3.63) is 46.5 Å². The van der Waals surface area contributed by atoms with E-state index < -0.39 is 0 Å². The van der Waals surface area contributed by atoms with Crippen molar-refractivity contribution in [1.82, 2.24) is 9.80 Å². The summed E-state index contributed by atoms with van der Waals surface area (Å²) in [6, 6.07) is 6.00. The van der Waals surface area contributed by atoms with Crippen LogP contribution in [0.1, 0.15) is 29.0 Å². The third-order valence-corrected chi connectivity index (χ3v) is 4.75. The first-order valence-corrected chi connectivity index (χ1v) is 8.22. The van der Waals surface area contributed by atoms with Crippen molar-refractivity contribution in [2.24, 2.45) is 0 Å². The summed E-state index contributed by atoms with van der Waals surface area (Å²) in [6.07, 6.45) is 3.71. The average Bonchev–Trinajstić information content (AvgIpc) is 3.18. The highest BCUT2D eigenvalue weighted by Crippen LogP contribution is 2.22. The van der Waals surface area contributed by atoms with Gasteiger partial charge in [-0.2, -0.15) is 11.3 Å².